The van der Waals surface area contributed by atoms with Gasteiger partial charge in [-0.2, -0.15) is 5.10 Å². The topological polar surface area (TPSA) is 92.5 Å². The van der Waals surface area contributed by atoms with Gasteiger partial charge in [-0.1, -0.05) is 13.3 Å². The minimum atomic E-state index is -1.15. The number of amides is 1. The summed E-state index contributed by atoms with van der Waals surface area (Å²) >= 11 is 0. The van der Waals surface area contributed by atoms with Crippen LogP contribution in [0.15, 0.2) is 16.9 Å². The lowest BCUT2D eigenvalue weighted by Crippen LogP contribution is -2.53. The molecule has 21 heavy (non-hydrogen) atoms. The normalized spacial score (nSPS) is 21.5. The predicted molar refractivity (Wildman–Crippen MR) is 75.0 cm³/mol. The second-order valence-electron chi connectivity index (χ2n) is 5.33. The van der Waals surface area contributed by atoms with Crippen molar-refractivity contribution in [1.82, 2.24) is 14.7 Å². The molecular formula is C14H19N3O4. The van der Waals surface area contributed by atoms with Crippen molar-refractivity contribution in [2.75, 3.05) is 6.54 Å². The maximum absolute atomic E-state index is 12.6. The number of aliphatic carboxylic acids is 1. The average Bonchev–Trinajstić information content (AvgIpc) is 2.86. The van der Waals surface area contributed by atoms with Crippen LogP contribution in [0, 0.1) is 0 Å². The largest absolute Gasteiger partial charge is 0.479 e. The fraction of sp³-hybridized carbons (Fsp3) is 0.571. The number of aromatic nitrogens is 2. The van der Waals surface area contributed by atoms with Gasteiger partial charge in [-0.3, -0.25) is 9.59 Å². The van der Waals surface area contributed by atoms with Gasteiger partial charge in [-0.15, -0.1) is 0 Å². The molecule has 1 amide bonds. The molecule has 7 heteroatoms. The fourth-order valence-electron chi connectivity index (χ4n) is 2.93. The van der Waals surface area contributed by atoms with E-state index in [-0.39, 0.29) is 11.3 Å². The van der Waals surface area contributed by atoms with Gasteiger partial charge in [0, 0.05) is 19.7 Å². The second kappa shape index (κ2) is 5.67. The Morgan fingerprint density at radius 2 is 2.14 bits per heavy atom. The summed E-state index contributed by atoms with van der Waals surface area (Å²) in [5.74, 6) is -1.40. The molecule has 1 saturated heterocycles. The van der Waals surface area contributed by atoms with E-state index >= 15 is 0 Å². The minimum absolute atomic E-state index is 0.0979. The Balaban J connectivity index is 2.38. The van der Waals surface area contributed by atoms with Gasteiger partial charge < -0.3 is 10.0 Å². The van der Waals surface area contributed by atoms with E-state index in [1.807, 2.05) is 6.92 Å². The van der Waals surface area contributed by atoms with Gasteiger partial charge in [0.05, 0.1) is 0 Å². The van der Waals surface area contributed by atoms with Gasteiger partial charge >= 0.3 is 5.97 Å². The molecule has 114 valence electrons. The summed E-state index contributed by atoms with van der Waals surface area (Å²) in [6.07, 6.45) is 2.20. The van der Waals surface area contributed by atoms with Crippen LogP contribution in [0.4, 0.5) is 0 Å². The Kier molecular flexibility index (Phi) is 4.11. The molecular weight excluding hydrogens is 274 g/mol. The average molecular weight is 293 g/mol. The predicted octanol–water partition coefficient (Wildman–Crippen LogP) is 0.640. The monoisotopic (exact) mass is 293 g/mol. The van der Waals surface area contributed by atoms with Crippen LogP contribution >= 0.6 is 0 Å². The van der Waals surface area contributed by atoms with Crippen LogP contribution < -0.4 is 5.56 Å². The fourth-order valence-corrected chi connectivity index (χ4v) is 2.93. The van der Waals surface area contributed by atoms with Gasteiger partial charge in [0.1, 0.15) is 11.2 Å². The van der Waals surface area contributed by atoms with E-state index in [2.05, 4.69) is 5.10 Å². The van der Waals surface area contributed by atoms with Gasteiger partial charge in [0.2, 0.25) is 0 Å². The van der Waals surface area contributed by atoms with Gasteiger partial charge in [0.15, 0.2) is 0 Å². The molecule has 1 aliphatic heterocycles. The summed E-state index contributed by atoms with van der Waals surface area (Å²) in [6.45, 7) is 2.30. The first-order chi connectivity index (χ1) is 9.92. The zero-order valence-electron chi connectivity index (χ0n) is 12.2. The van der Waals surface area contributed by atoms with Gasteiger partial charge in [-0.25, -0.2) is 9.48 Å². The van der Waals surface area contributed by atoms with Crippen LogP contribution in [0.3, 0.4) is 0 Å². The molecule has 1 atom stereocenters. The number of aryl methyl sites for hydroxylation is 1. The summed E-state index contributed by atoms with van der Waals surface area (Å²) in [5.41, 5.74) is -1.37. The molecule has 7 nitrogen and oxygen atoms in total. The molecule has 1 fully saturated rings. The van der Waals surface area contributed by atoms with Crippen molar-refractivity contribution in [2.45, 2.75) is 38.1 Å². The Morgan fingerprint density at radius 3 is 2.71 bits per heavy atom. The summed E-state index contributed by atoms with van der Waals surface area (Å²) in [4.78, 5) is 37.0. The first-order valence-electron chi connectivity index (χ1n) is 7.02. The molecule has 1 N–H and O–H groups in total. The van der Waals surface area contributed by atoms with Crippen molar-refractivity contribution >= 4 is 11.9 Å². The van der Waals surface area contributed by atoms with Crippen LogP contribution in [-0.4, -0.2) is 43.7 Å². The first-order valence-corrected chi connectivity index (χ1v) is 7.02. The van der Waals surface area contributed by atoms with E-state index in [0.717, 1.165) is 4.68 Å². The van der Waals surface area contributed by atoms with Crippen LogP contribution in [0.2, 0.25) is 0 Å². The third kappa shape index (κ3) is 2.55. The molecule has 0 aliphatic carbocycles. The van der Waals surface area contributed by atoms with Crippen molar-refractivity contribution in [3.8, 4) is 0 Å². The Morgan fingerprint density at radius 1 is 1.43 bits per heavy atom. The number of nitrogens with zero attached hydrogens (tertiary/aromatic N) is 3. The number of carboxylic acids is 1. The van der Waals surface area contributed by atoms with Crippen LogP contribution in [0.25, 0.3) is 0 Å². The van der Waals surface area contributed by atoms with E-state index in [4.69, 9.17) is 0 Å². The van der Waals surface area contributed by atoms with Crippen LogP contribution in [0.1, 0.15) is 43.1 Å². The molecule has 1 aromatic rings. The van der Waals surface area contributed by atoms with Gasteiger partial charge in [-0.05, 0) is 25.3 Å². The maximum Gasteiger partial charge on any atom is 0.329 e. The third-order valence-electron chi connectivity index (χ3n) is 3.98. The number of carboxylic acid groups (broad SMARTS) is 1. The van der Waals surface area contributed by atoms with E-state index in [9.17, 15) is 19.5 Å². The molecule has 0 spiro atoms. The number of likely N-dealkylation sites (tertiary alicyclic amines) is 1. The molecule has 2 rings (SSSR count). The van der Waals surface area contributed by atoms with Crippen molar-refractivity contribution in [3.63, 3.8) is 0 Å². The second-order valence-corrected chi connectivity index (χ2v) is 5.33. The number of rotatable bonds is 4. The van der Waals surface area contributed by atoms with E-state index in [0.29, 0.717) is 32.2 Å². The van der Waals surface area contributed by atoms with Crippen molar-refractivity contribution in [3.05, 3.63) is 28.2 Å². The highest BCUT2D eigenvalue weighted by Gasteiger charge is 2.49. The SMILES string of the molecule is CCCC1(C(=O)O)CCCN1C(=O)c1ccc(=O)n(C)n1. The van der Waals surface area contributed by atoms with Crippen molar-refractivity contribution < 1.29 is 14.7 Å². The molecule has 1 aromatic heterocycles. The van der Waals surface area contributed by atoms with E-state index in [1.54, 1.807) is 0 Å². The van der Waals surface area contributed by atoms with Crippen LogP contribution in [0.5, 0.6) is 0 Å². The highest BCUT2D eigenvalue weighted by Crippen LogP contribution is 2.34. The minimum Gasteiger partial charge on any atom is -0.479 e. The van der Waals surface area contributed by atoms with Crippen molar-refractivity contribution in [2.24, 2.45) is 7.05 Å². The summed E-state index contributed by atoms with van der Waals surface area (Å²) < 4.78 is 1.07. The number of hydrogen-bond acceptors (Lipinski definition) is 4. The molecule has 2 heterocycles. The third-order valence-corrected chi connectivity index (χ3v) is 3.98. The molecule has 1 aliphatic rings. The highest BCUT2D eigenvalue weighted by molar-refractivity contribution is 5.96. The van der Waals surface area contributed by atoms with Crippen LogP contribution in [-0.2, 0) is 11.8 Å². The van der Waals surface area contributed by atoms with Crippen molar-refractivity contribution in [1.29, 1.82) is 0 Å². The molecule has 0 aromatic carbocycles. The number of carbonyl (C=O) groups is 2. The quantitative estimate of drug-likeness (QED) is 0.879. The summed E-state index contributed by atoms with van der Waals surface area (Å²) in [6, 6.07) is 2.61. The Labute approximate surface area is 122 Å². The Bertz CT molecular complexity index is 625. The number of hydrogen-bond donors (Lipinski definition) is 1. The smallest absolute Gasteiger partial charge is 0.329 e. The lowest BCUT2D eigenvalue weighted by Gasteiger charge is -2.34. The Hall–Kier alpha value is -2.18. The first kappa shape index (κ1) is 15.2. The molecule has 0 bridgehead atoms. The maximum atomic E-state index is 12.6. The standard InChI is InChI=1S/C14H19N3O4/c1-3-7-14(13(20)21)8-4-9-17(14)12(19)10-5-6-11(18)16(2)15-10/h5-6H,3-4,7-9H2,1-2H3,(H,20,21). The molecule has 0 radical (unpaired) electrons. The molecule has 0 saturated carbocycles. The summed E-state index contributed by atoms with van der Waals surface area (Å²) in [7, 11) is 1.46. The highest BCUT2D eigenvalue weighted by atomic mass is 16.4. The van der Waals surface area contributed by atoms with E-state index < -0.39 is 17.4 Å². The zero-order valence-corrected chi connectivity index (χ0v) is 12.2. The zero-order chi connectivity index (χ0) is 15.6. The van der Waals surface area contributed by atoms with E-state index in [1.165, 1.54) is 24.1 Å². The van der Waals surface area contributed by atoms with Gasteiger partial charge in [0.25, 0.3) is 11.5 Å². The molecule has 1 unspecified atom stereocenters. The number of carbonyl (C=O) groups excluding carboxylic acids is 1. The lowest BCUT2D eigenvalue weighted by molar-refractivity contribution is -0.148. The lowest BCUT2D eigenvalue weighted by atomic mass is 9.90. The summed E-state index contributed by atoms with van der Waals surface area (Å²) in [5, 5.41) is 13.5.